The van der Waals surface area contributed by atoms with Crippen LogP contribution in [0.15, 0.2) is 22.0 Å². The van der Waals surface area contributed by atoms with Crippen molar-refractivity contribution in [2.24, 2.45) is 0 Å². The highest BCUT2D eigenvalue weighted by Crippen LogP contribution is 2.33. The van der Waals surface area contributed by atoms with Gasteiger partial charge in [0.2, 0.25) is 0 Å². The van der Waals surface area contributed by atoms with Gasteiger partial charge in [0.1, 0.15) is 0 Å². The van der Waals surface area contributed by atoms with Crippen LogP contribution in [0.25, 0.3) is 10.1 Å². The highest BCUT2D eigenvalue weighted by atomic mass is 79.9. The van der Waals surface area contributed by atoms with E-state index in [0.717, 1.165) is 10.9 Å². The molecule has 0 aliphatic rings. The van der Waals surface area contributed by atoms with Gasteiger partial charge in [-0.1, -0.05) is 22.9 Å². The van der Waals surface area contributed by atoms with Gasteiger partial charge in [0.05, 0.1) is 0 Å². The van der Waals surface area contributed by atoms with E-state index in [2.05, 4.69) is 40.4 Å². The van der Waals surface area contributed by atoms with E-state index in [9.17, 15) is 0 Å². The molecular weight excluding hydrogens is 280 g/mol. The molecule has 0 N–H and O–H groups in total. The van der Waals surface area contributed by atoms with Crippen molar-refractivity contribution in [1.29, 1.82) is 0 Å². The SMILES string of the molecule is CCc1csc2c(CCl)cc(Br)cc12. The number of alkyl halides is 1. The Morgan fingerprint density at radius 1 is 1.36 bits per heavy atom. The van der Waals surface area contributed by atoms with Crippen molar-refractivity contribution < 1.29 is 0 Å². The summed E-state index contributed by atoms with van der Waals surface area (Å²) in [7, 11) is 0. The largest absolute Gasteiger partial charge is 0.143 e. The number of hydrogen-bond acceptors (Lipinski definition) is 1. The predicted octanol–water partition coefficient (Wildman–Crippen LogP) is 4.97. The third-order valence-electron chi connectivity index (χ3n) is 2.32. The summed E-state index contributed by atoms with van der Waals surface area (Å²) in [4.78, 5) is 0. The molecule has 0 aliphatic carbocycles. The molecule has 0 spiro atoms. The first-order valence-corrected chi connectivity index (χ1v) is 6.71. The molecule has 0 nitrogen and oxygen atoms in total. The smallest absolute Gasteiger partial charge is 0.0488 e. The van der Waals surface area contributed by atoms with Gasteiger partial charge < -0.3 is 0 Å². The summed E-state index contributed by atoms with van der Waals surface area (Å²) in [5.74, 6) is 0.583. The Bertz CT molecular complexity index is 462. The van der Waals surface area contributed by atoms with Gasteiger partial charge in [-0.25, -0.2) is 0 Å². The first-order chi connectivity index (χ1) is 6.76. The molecule has 0 bridgehead atoms. The van der Waals surface area contributed by atoms with Crippen LogP contribution in [0.3, 0.4) is 0 Å². The van der Waals surface area contributed by atoms with Gasteiger partial charge in [0.25, 0.3) is 0 Å². The Labute approximate surface area is 101 Å². The second kappa shape index (κ2) is 4.21. The maximum atomic E-state index is 5.92. The normalized spacial score (nSPS) is 11.1. The summed E-state index contributed by atoms with van der Waals surface area (Å²) >= 11 is 11.2. The molecule has 1 aromatic carbocycles. The average molecular weight is 290 g/mol. The van der Waals surface area contributed by atoms with Crippen LogP contribution < -0.4 is 0 Å². The Kier molecular flexibility index (Phi) is 3.15. The van der Waals surface area contributed by atoms with E-state index in [1.54, 1.807) is 11.3 Å². The number of thiophene rings is 1. The second-order valence-corrected chi connectivity index (χ2v) is 5.25. The molecule has 3 heteroatoms. The highest BCUT2D eigenvalue weighted by molar-refractivity contribution is 9.10. The second-order valence-electron chi connectivity index (χ2n) is 3.19. The zero-order chi connectivity index (χ0) is 10.1. The third-order valence-corrected chi connectivity index (χ3v) is 4.19. The van der Waals surface area contributed by atoms with Crippen molar-refractivity contribution in [2.75, 3.05) is 0 Å². The maximum Gasteiger partial charge on any atom is 0.0488 e. The number of benzene rings is 1. The molecule has 0 amide bonds. The molecule has 0 unspecified atom stereocenters. The minimum Gasteiger partial charge on any atom is -0.143 e. The Hall–Kier alpha value is -0.0500. The Morgan fingerprint density at radius 3 is 2.79 bits per heavy atom. The fourth-order valence-electron chi connectivity index (χ4n) is 1.59. The minimum absolute atomic E-state index is 0.583. The average Bonchev–Trinajstić information content (AvgIpc) is 2.59. The van der Waals surface area contributed by atoms with E-state index >= 15 is 0 Å². The molecule has 2 rings (SSSR count). The van der Waals surface area contributed by atoms with Crippen LogP contribution in [0.5, 0.6) is 0 Å². The summed E-state index contributed by atoms with van der Waals surface area (Å²) in [5, 5.41) is 3.58. The van der Waals surface area contributed by atoms with Crippen LogP contribution in [0.4, 0.5) is 0 Å². The number of hydrogen-bond donors (Lipinski definition) is 0. The molecule has 0 saturated carbocycles. The van der Waals surface area contributed by atoms with Gasteiger partial charge in [0, 0.05) is 15.1 Å². The van der Waals surface area contributed by atoms with Crippen LogP contribution in [-0.4, -0.2) is 0 Å². The van der Waals surface area contributed by atoms with E-state index in [4.69, 9.17) is 11.6 Å². The molecular formula is C11H10BrClS. The zero-order valence-electron chi connectivity index (χ0n) is 7.81. The van der Waals surface area contributed by atoms with Crippen molar-refractivity contribution in [3.05, 3.63) is 33.1 Å². The maximum absolute atomic E-state index is 5.92. The van der Waals surface area contributed by atoms with E-state index in [-0.39, 0.29) is 0 Å². The summed E-state index contributed by atoms with van der Waals surface area (Å²) in [6.07, 6.45) is 1.08. The van der Waals surface area contributed by atoms with E-state index in [0.29, 0.717) is 5.88 Å². The molecule has 0 aliphatic heterocycles. The molecule has 2 aromatic rings. The summed E-state index contributed by atoms with van der Waals surface area (Å²) in [5.41, 5.74) is 2.64. The lowest BCUT2D eigenvalue weighted by molar-refractivity contribution is 1.17. The standard InChI is InChI=1S/C11H10BrClS/c1-2-7-6-14-11-8(5-13)3-9(12)4-10(7)11/h3-4,6H,2,5H2,1H3. The van der Waals surface area contributed by atoms with Crippen LogP contribution >= 0.6 is 38.9 Å². The molecule has 0 fully saturated rings. The first kappa shape index (κ1) is 10.5. The predicted molar refractivity (Wildman–Crippen MR) is 68.5 cm³/mol. The number of halogens is 2. The first-order valence-electron chi connectivity index (χ1n) is 4.50. The number of aryl methyl sites for hydroxylation is 1. The van der Waals surface area contributed by atoms with E-state index in [1.807, 2.05) is 0 Å². The van der Waals surface area contributed by atoms with Gasteiger partial charge >= 0.3 is 0 Å². The van der Waals surface area contributed by atoms with Gasteiger partial charge in [0.15, 0.2) is 0 Å². The van der Waals surface area contributed by atoms with E-state index < -0.39 is 0 Å². The molecule has 1 aromatic heterocycles. The molecule has 0 radical (unpaired) electrons. The van der Waals surface area contributed by atoms with Gasteiger partial charge in [-0.05, 0) is 40.4 Å². The Balaban J connectivity index is 2.76. The lowest BCUT2D eigenvalue weighted by Gasteiger charge is -2.01. The fraction of sp³-hybridized carbons (Fsp3) is 0.273. The fourth-order valence-corrected chi connectivity index (χ4v) is 3.54. The van der Waals surface area contributed by atoms with Crippen molar-refractivity contribution in [3.8, 4) is 0 Å². The van der Waals surface area contributed by atoms with Crippen molar-refractivity contribution in [2.45, 2.75) is 19.2 Å². The van der Waals surface area contributed by atoms with Gasteiger partial charge in [-0.2, -0.15) is 0 Å². The number of fused-ring (bicyclic) bond motifs is 1. The van der Waals surface area contributed by atoms with Crippen molar-refractivity contribution >= 4 is 49.0 Å². The third kappa shape index (κ3) is 1.71. The van der Waals surface area contributed by atoms with Crippen LogP contribution in [0.2, 0.25) is 0 Å². The van der Waals surface area contributed by atoms with Crippen LogP contribution in [-0.2, 0) is 12.3 Å². The topological polar surface area (TPSA) is 0 Å². The highest BCUT2D eigenvalue weighted by Gasteiger charge is 2.07. The zero-order valence-corrected chi connectivity index (χ0v) is 11.0. The summed E-state index contributed by atoms with van der Waals surface area (Å²) in [6, 6.07) is 4.28. The molecule has 74 valence electrons. The molecule has 0 atom stereocenters. The molecule has 1 heterocycles. The van der Waals surface area contributed by atoms with E-state index in [1.165, 1.54) is 21.2 Å². The van der Waals surface area contributed by atoms with Crippen molar-refractivity contribution in [3.63, 3.8) is 0 Å². The van der Waals surface area contributed by atoms with Crippen LogP contribution in [0.1, 0.15) is 18.1 Å². The summed E-state index contributed by atoms with van der Waals surface area (Å²) in [6.45, 7) is 2.18. The van der Waals surface area contributed by atoms with Gasteiger partial charge in [-0.3, -0.25) is 0 Å². The molecule has 14 heavy (non-hydrogen) atoms. The van der Waals surface area contributed by atoms with Crippen molar-refractivity contribution in [1.82, 2.24) is 0 Å². The van der Waals surface area contributed by atoms with Crippen LogP contribution in [0, 0.1) is 0 Å². The lowest BCUT2D eigenvalue weighted by Crippen LogP contribution is -1.81. The monoisotopic (exact) mass is 288 g/mol. The minimum atomic E-state index is 0.583. The lowest BCUT2D eigenvalue weighted by atomic mass is 10.1. The molecule has 0 saturated heterocycles. The van der Waals surface area contributed by atoms with Gasteiger partial charge in [-0.15, -0.1) is 22.9 Å². The quantitative estimate of drug-likeness (QED) is 0.685. The Morgan fingerprint density at radius 2 is 2.14 bits per heavy atom. The summed E-state index contributed by atoms with van der Waals surface area (Å²) < 4.78 is 2.45. The number of rotatable bonds is 2.